The van der Waals surface area contributed by atoms with Crippen molar-refractivity contribution < 1.29 is 19.1 Å². The third-order valence-electron chi connectivity index (χ3n) is 7.70. The van der Waals surface area contributed by atoms with Gasteiger partial charge in [0.2, 0.25) is 5.91 Å². The molecule has 3 aliphatic heterocycles. The van der Waals surface area contributed by atoms with E-state index >= 15 is 0 Å². The van der Waals surface area contributed by atoms with E-state index < -0.39 is 6.04 Å². The zero-order valence-electron chi connectivity index (χ0n) is 20.5. The van der Waals surface area contributed by atoms with Crippen molar-refractivity contribution in [1.82, 2.24) is 20.0 Å². The summed E-state index contributed by atoms with van der Waals surface area (Å²) in [6.07, 6.45) is 7.38. The molecule has 3 aliphatic rings. The van der Waals surface area contributed by atoms with E-state index in [1.807, 2.05) is 36.2 Å². The zero-order chi connectivity index (χ0) is 24.1. The van der Waals surface area contributed by atoms with Crippen LogP contribution in [-0.2, 0) is 16.0 Å². The van der Waals surface area contributed by atoms with Crippen LogP contribution in [-0.4, -0.2) is 85.0 Å². The third-order valence-corrected chi connectivity index (χ3v) is 7.70. The van der Waals surface area contributed by atoms with Gasteiger partial charge in [-0.1, -0.05) is 18.6 Å². The van der Waals surface area contributed by atoms with Crippen molar-refractivity contribution in [3.05, 3.63) is 29.8 Å². The number of fused-ring (bicyclic) bond motifs is 1. The van der Waals surface area contributed by atoms with Crippen molar-refractivity contribution in [2.45, 2.75) is 63.5 Å². The van der Waals surface area contributed by atoms with Gasteiger partial charge in [-0.15, -0.1) is 0 Å². The van der Waals surface area contributed by atoms with Gasteiger partial charge >= 0.3 is 6.03 Å². The largest absolute Gasteiger partial charge is 0.497 e. The Labute approximate surface area is 202 Å². The second-order valence-corrected chi connectivity index (χ2v) is 9.90. The van der Waals surface area contributed by atoms with Gasteiger partial charge in [-0.05, 0) is 75.2 Å². The number of hydrogen-bond donors (Lipinski definition) is 1. The highest BCUT2D eigenvalue weighted by Gasteiger charge is 2.38. The number of carbonyl (C=O) groups excluding carboxylic acids is 3. The molecule has 8 nitrogen and oxygen atoms in total. The van der Waals surface area contributed by atoms with Crippen LogP contribution in [0.3, 0.4) is 0 Å². The molecule has 4 amide bonds. The molecule has 0 unspecified atom stereocenters. The van der Waals surface area contributed by atoms with Crippen molar-refractivity contribution in [2.75, 3.05) is 40.3 Å². The molecule has 1 aromatic rings. The Bertz CT molecular complexity index is 872. The van der Waals surface area contributed by atoms with Crippen molar-refractivity contribution in [2.24, 2.45) is 5.92 Å². The van der Waals surface area contributed by atoms with Gasteiger partial charge in [0.15, 0.2) is 0 Å². The minimum Gasteiger partial charge on any atom is -0.497 e. The summed E-state index contributed by atoms with van der Waals surface area (Å²) in [5, 5.41) is 2.76. The maximum atomic E-state index is 12.8. The summed E-state index contributed by atoms with van der Waals surface area (Å²) in [6, 6.07) is 7.21. The van der Waals surface area contributed by atoms with Crippen molar-refractivity contribution in [3.8, 4) is 5.75 Å². The lowest BCUT2D eigenvalue weighted by atomic mass is 9.83. The van der Waals surface area contributed by atoms with Crippen LogP contribution >= 0.6 is 0 Å². The quantitative estimate of drug-likeness (QED) is 0.561. The molecule has 3 fully saturated rings. The molecule has 1 N–H and O–H groups in total. The normalized spacial score (nSPS) is 25.1. The van der Waals surface area contributed by atoms with Gasteiger partial charge in [0.25, 0.3) is 5.91 Å². The van der Waals surface area contributed by atoms with E-state index in [0.717, 1.165) is 17.9 Å². The van der Waals surface area contributed by atoms with Gasteiger partial charge < -0.3 is 19.9 Å². The number of benzene rings is 1. The van der Waals surface area contributed by atoms with Gasteiger partial charge in [-0.3, -0.25) is 14.5 Å². The van der Waals surface area contributed by atoms with Crippen LogP contribution in [0, 0.1) is 5.92 Å². The fourth-order valence-electron chi connectivity index (χ4n) is 5.72. The molecule has 0 bridgehead atoms. The van der Waals surface area contributed by atoms with Gasteiger partial charge in [0.05, 0.1) is 7.11 Å². The second kappa shape index (κ2) is 11.2. The van der Waals surface area contributed by atoms with Crippen LogP contribution in [0.2, 0.25) is 0 Å². The third kappa shape index (κ3) is 5.71. The summed E-state index contributed by atoms with van der Waals surface area (Å²) in [5.74, 6) is 1.11. The van der Waals surface area contributed by atoms with E-state index in [-0.39, 0.29) is 24.3 Å². The molecule has 3 heterocycles. The Morgan fingerprint density at radius 2 is 1.88 bits per heavy atom. The Balaban J connectivity index is 1.23. The highest BCUT2D eigenvalue weighted by atomic mass is 16.5. The van der Waals surface area contributed by atoms with Crippen molar-refractivity contribution in [3.63, 3.8) is 0 Å². The minimum absolute atomic E-state index is 0.0478. The van der Waals surface area contributed by atoms with Gasteiger partial charge in [0, 0.05) is 32.6 Å². The first-order valence-electron chi connectivity index (χ1n) is 12.7. The van der Waals surface area contributed by atoms with E-state index in [1.54, 1.807) is 7.11 Å². The van der Waals surface area contributed by atoms with Crippen molar-refractivity contribution in [1.29, 1.82) is 0 Å². The number of amides is 4. The first-order valence-corrected chi connectivity index (χ1v) is 12.7. The van der Waals surface area contributed by atoms with E-state index in [4.69, 9.17) is 4.74 Å². The summed E-state index contributed by atoms with van der Waals surface area (Å²) >= 11 is 0. The number of nitrogens with one attached hydrogen (secondary N) is 1. The lowest BCUT2D eigenvalue weighted by molar-refractivity contribution is -0.131. The lowest BCUT2D eigenvalue weighted by Gasteiger charge is -2.45. The molecule has 0 aromatic heterocycles. The van der Waals surface area contributed by atoms with Crippen LogP contribution in [0.4, 0.5) is 4.79 Å². The van der Waals surface area contributed by atoms with E-state index in [9.17, 15) is 14.4 Å². The number of ether oxygens (including phenoxy) is 1. The number of hydrogen-bond acceptors (Lipinski definition) is 5. The SMILES string of the molecule is COc1ccc(CCN2C(=O)N[C@H](CCC(=O)N(C)C[C@H]3CCCN4CCCC[C@@H]34)C2=O)cc1. The van der Waals surface area contributed by atoms with Crippen molar-refractivity contribution >= 4 is 17.8 Å². The predicted octanol–water partition coefficient (Wildman–Crippen LogP) is 2.66. The molecule has 1 aromatic carbocycles. The molecule has 3 saturated heterocycles. The molecular weight excluding hydrogens is 432 g/mol. The average Bonchev–Trinajstić information content (AvgIpc) is 3.13. The highest BCUT2D eigenvalue weighted by Crippen LogP contribution is 2.31. The summed E-state index contributed by atoms with van der Waals surface area (Å²) in [7, 11) is 3.49. The number of rotatable bonds is 9. The fraction of sp³-hybridized carbons (Fsp3) is 0.654. The number of carbonyl (C=O) groups is 3. The molecule has 8 heteroatoms. The van der Waals surface area contributed by atoms with Gasteiger partial charge in [-0.2, -0.15) is 0 Å². The predicted molar refractivity (Wildman–Crippen MR) is 130 cm³/mol. The number of methoxy groups -OCH3 is 1. The summed E-state index contributed by atoms with van der Waals surface area (Å²) < 4.78 is 5.16. The number of imide groups is 1. The molecule has 4 rings (SSSR count). The Kier molecular flexibility index (Phi) is 8.08. The van der Waals surface area contributed by atoms with Crippen LogP contribution in [0.5, 0.6) is 5.75 Å². The summed E-state index contributed by atoms with van der Waals surface area (Å²) in [5.41, 5.74) is 1.03. The lowest BCUT2D eigenvalue weighted by Crippen LogP contribution is -2.51. The Morgan fingerprint density at radius 3 is 2.65 bits per heavy atom. The maximum Gasteiger partial charge on any atom is 0.324 e. The van der Waals surface area contributed by atoms with Gasteiger partial charge in [-0.25, -0.2) is 4.79 Å². The first-order chi connectivity index (χ1) is 16.5. The molecule has 3 atom stereocenters. The molecule has 0 radical (unpaired) electrons. The van der Waals surface area contributed by atoms with Crippen LogP contribution in [0.1, 0.15) is 50.5 Å². The zero-order valence-corrected chi connectivity index (χ0v) is 20.5. The van der Waals surface area contributed by atoms with Crippen LogP contribution < -0.4 is 10.1 Å². The highest BCUT2D eigenvalue weighted by molar-refractivity contribution is 6.04. The maximum absolute atomic E-state index is 12.8. The van der Waals surface area contributed by atoms with E-state index in [1.165, 1.54) is 50.1 Å². The molecular formula is C26H38N4O4. The monoisotopic (exact) mass is 470 g/mol. The fourth-order valence-corrected chi connectivity index (χ4v) is 5.72. The minimum atomic E-state index is -0.621. The molecule has 0 spiro atoms. The Morgan fingerprint density at radius 1 is 1.12 bits per heavy atom. The molecule has 0 saturated carbocycles. The smallest absolute Gasteiger partial charge is 0.324 e. The van der Waals surface area contributed by atoms with Crippen LogP contribution in [0.25, 0.3) is 0 Å². The average molecular weight is 471 g/mol. The van der Waals surface area contributed by atoms with Gasteiger partial charge in [0.1, 0.15) is 11.8 Å². The van der Waals surface area contributed by atoms with E-state index in [2.05, 4.69) is 10.2 Å². The first kappa shape index (κ1) is 24.5. The number of nitrogens with zero attached hydrogens (tertiary/aromatic N) is 3. The summed E-state index contributed by atoms with van der Waals surface area (Å²) in [6.45, 7) is 3.48. The summed E-state index contributed by atoms with van der Waals surface area (Å²) in [4.78, 5) is 43.7. The Hall–Kier alpha value is -2.61. The second-order valence-electron chi connectivity index (χ2n) is 9.90. The molecule has 34 heavy (non-hydrogen) atoms. The number of piperidine rings is 2. The number of urea groups is 1. The molecule has 186 valence electrons. The van der Waals surface area contributed by atoms with Crippen LogP contribution in [0.15, 0.2) is 24.3 Å². The van der Waals surface area contributed by atoms with E-state index in [0.29, 0.717) is 31.3 Å². The standard InChI is InChI=1S/C26H38N4O4/c1-28(18-20-6-5-16-29-15-4-3-7-23(20)29)24(31)13-12-22-25(32)30(26(33)27-22)17-14-19-8-10-21(34-2)11-9-19/h8-11,20,22-23H,3-7,12-18H2,1-2H3,(H,27,33)/t20-,22-,23+/m1/s1. The molecule has 0 aliphatic carbocycles. The topological polar surface area (TPSA) is 82.2 Å².